The Kier molecular flexibility index (Phi) is 36.4. The van der Waals surface area contributed by atoms with E-state index in [1.807, 2.05) is 24.3 Å². The Morgan fingerprint density at radius 2 is 0.632 bits per heavy atom. The zero-order valence-corrected chi connectivity index (χ0v) is 43.6. The molecule has 0 aromatic heterocycles. The van der Waals surface area contributed by atoms with E-state index >= 15 is 0 Å². The number of phenols is 2. The van der Waals surface area contributed by atoms with Gasteiger partial charge in [-0.15, -0.1) is 0 Å². The SMILES string of the molecule is O=C(CCCCC(=O)OCCCCCCO)OCCCCCCO.O=C(CCCCC(=O)OCc1ccc(CO)cc1)OCc1ccc(CO)cc1.O=C(CCCCC(=O)Oc1cccc(O)c1)Oc1cccc(O)c1. The first-order valence-electron chi connectivity index (χ1n) is 26.0. The lowest BCUT2D eigenvalue weighted by Gasteiger charge is -2.07. The first kappa shape index (κ1) is 65.3. The number of phenolic OH excluding ortho intramolecular Hbond substituents is 2. The number of carbonyl (C=O) groups excluding carboxylic acids is 6. The summed E-state index contributed by atoms with van der Waals surface area (Å²) in [5, 5.41) is 53.8. The monoisotopic (exact) mass is 1060 g/mol. The molecule has 18 heteroatoms. The average molecular weight is 1060 g/mol. The number of carbonyl (C=O) groups is 6. The smallest absolute Gasteiger partial charge is 0.311 e. The molecule has 0 atom stereocenters. The quantitative estimate of drug-likeness (QED) is 0.0108. The number of aliphatic hydroxyl groups is 4. The normalized spacial score (nSPS) is 10.4. The number of aromatic hydroxyl groups is 2. The number of hydrogen-bond donors (Lipinski definition) is 6. The van der Waals surface area contributed by atoms with E-state index in [-0.39, 0.29) is 112 Å². The number of rotatable bonds is 35. The third-order valence-electron chi connectivity index (χ3n) is 11.0. The number of unbranched alkanes of at least 4 members (excludes halogenated alkanes) is 9. The Morgan fingerprint density at radius 1 is 0.329 bits per heavy atom. The van der Waals surface area contributed by atoms with Gasteiger partial charge in [0.2, 0.25) is 0 Å². The van der Waals surface area contributed by atoms with Gasteiger partial charge in [-0.05, 0) is 124 Å². The lowest BCUT2D eigenvalue weighted by Crippen LogP contribution is -2.10. The number of benzene rings is 4. The van der Waals surface area contributed by atoms with Crippen LogP contribution in [0.1, 0.15) is 151 Å². The van der Waals surface area contributed by atoms with Gasteiger partial charge in [-0.25, -0.2) is 0 Å². The summed E-state index contributed by atoms with van der Waals surface area (Å²) in [6.07, 6.45) is 11.9. The van der Waals surface area contributed by atoms with E-state index in [1.54, 1.807) is 48.5 Å². The van der Waals surface area contributed by atoms with Crippen molar-refractivity contribution in [3.63, 3.8) is 0 Å². The van der Waals surface area contributed by atoms with Crippen LogP contribution in [0, 0.1) is 0 Å². The maximum Gasteiger partial charge on any atom is 0.311 e. The van der Waals surface area contributed by atoms with Crippen molar-refractivity contribution in [1.82, 2.24) is 0 Å². The lowest BCUT2D eigenvalue weighted by molar-refractivity contribution is -0.147. The van der Waals surface area contributed by atoms with Crippen molar-refractivity contribution >= 4 is 35.8 Å². The predicted octanol–water partition coefficient (Wildman–Crippen LogP) is 8.93. The topological polar surface area (TPSA) is 279 Å². The van der Waals surface area contributed by atoms with Gasteiger partial charge in [0.05, 0.1) is 26.4 Å². The molecule has 0 aliphatic rings. The van der Waals surface area contributed by atoms with Crippen LogP contribution in [0.15, 0.2) is 97.1 Å². The third kappa shape index (κ3) is 34.6. The highest BCUT2D eigenvalue weighted by molar-refractivity contribution is 5.74. The highest BCUT2D eigenvalue weighted by Crippen LogP contribution is 2.20. The van der Waals surface area contributed by atoms with Gasteiger partial charge in [-0.1, -0.05) is 73.5 Å². The summed E-state index contributed by atoms with van der Waals surface area (Å²) in [6.45, 7) is 1.66. The van der Waals surface area contributed by atoms with Gasteiger partial charge >= 0.3 is 35.8 Å². The first-order chi connectivity index (χ1) is 36.8. The molecule has 418 valence electrons. The van der Waals surface area contributed by atoms with Crippen LogP contribution in [0.2, 0.25) is 0 Å². The molecule has 0 fully saturated rings. The van der Waals surface area contributed by atoms with Crippen LogP contribution in [-0.2, 0) is 74.1 Å². The van der Waals surface area contributed by atoms with Crippen molar-refractivity contribution in [3.05, 3.63) is 119 Å². The zero-order valence-electron chi connectivity index (χ0n) is 43.6. The number of hydrogen-bond acceptors (Lipinski definition) is 18. The molecule has 0 heterocycles. The molecule has 0 spiro atoms. The Morgan fingerprint density at radius 3 is 0.947 bits per heavy atom. The van der Waals surface area contributed by atoms with Crippen LogP contribution in [0.3, 0.4) is 0 Å². The Balaban J connectivity index is 0.000000392. The van der Waals surface area contributed by atoms with E-state index in [0.29, 0.717) is 64.6 Å². The van der Waals surface area contributed by atoms with Crippen LogP contribution in [0.4, 0.5) is 0 Å². The first-order valence-corrected chi connectivity index (χ1v) is 26.0. The summed E-state index contributed by atoms with van der Waals surface area (Å²) in [5.41, 5.74) is 3.34. The van der Waals surface area contributed by atoms with Gasteiger partial charge < -0.3 is 59.1 Å². The third-order valence-corrected chi connectivity index (χ3v) is 11.0. The van der Waals surface area contributed by atoms with E-state index in [4.69, 9.17) is 48.8 Å². The minimum Gasteiger partial charge on any atom is -0.508 e. The Hall–Kier alpha value is -6.86. The van der Waals surface area contributed by atoms with E-state index in [1.165, 1.54) is 24.3 Å². The highest BCUT2D eigenvalue weighted by atomic mass is 16.6. The van der Waals surface area contributed by atoms with Crippen LogP contribution in [0.25, 0.3) is 0 Å². The average Bonchev–Trinajstić information content (AvgIpc) is 3.41. The molecular weight excluding hydrogens is 985 g/mol. The second-order valence-corrected chi connectivity index (χ2v) is 17.6. The Bertz CT molecular complexity index is 2070. The van der Waals surface area contributed by atoms with E-state index in [2.05, 4.69) is 0 Å². The van der Waals surface area contributed by atoms with Crippen molar-refractivity contribution < 1.29 is 87.8 Å². The van der Waals surface area contributed by atoms with E-state index in [0.717, 1.165) is 73.6 Å². The molecule has 6 N–H and O–H groups in total. The van der Waals surface area contributed by atoms with Crippen molar-refractivity contribution in [2.24, 2.45) is 0 Å². The van der Waals surface area contributed by atoms with Gasteiger partial charge in [0.15, 0.2) is 0 Å². The maximum atomic E-state index is 11.8. The summed E-state index contributed by atoms with van der Waals surface area (Å²) in [5.74, 6) is -1.28. The molecule has 18 nitrogen and oxygen atoms in total. The maximum absolute atomic E-state index is 11.8. The molecule has 4 rings (SSSR count). The number of aliphatic hydroxyl groups excluding tert-OH is 4. The van der Waals surface area contributed by atoms with E-state index in [9.17, 15) is 39.0 Å². The molecule has 0 aliphatic carbocycles. The largest absolute Gasteiger partial charge is 0.508 e. The fourth-order valence-electron chi connectivity index (χ4n) is 6.68. The minimum absolute atomic E-state index is 0.0154. The second kappa shape index (κ2) is 42.4. The molecule has 0 radical (unpaired) electrons. The molecule has 4 aromatic carbocycles. The Labute approximate surface area is 445 Å². The van der Waals surface area contributed by atoms with Gasteiger partial charge in [0.25, 0.3) is 0 Å². The van der Waals surface area contributed by atoms with Gasteiger partial charge in [-0.3, -0.25) is 28.8 Å². The molecule has 76 heavy (non-hydrogen) atoms. The molecular formula is C58H78O18. The van der Waals surface area contributed by atoms with Crippen molar-refractivity contribution in [2.75, 3.05) is 26.4 Å². The lowest BCUT2D eigenvalue weighted by atomic mass is 10.1. The molecule has 0 amide bonds. The molecule has 0 bridgehead atoms. The van der Waals surface area contributed by atoms with Gasteiger partial charge in [0, 0.05) is 63.9 Å². The molecule has 0 saturated carbocycles. The predicted molar refractivity (Wildman–Crippen MR) is 280 cm³/mol. The number of esters is 6. The van der Waals surface area contributed by atoms with Crippen LogP contribution >= 0.6 is 0 Å². The van der Waals surface area contributed by atoms with Crippen molar-refractivity contribution in [1.29, 1.82) is 0 Å². The summed E-state index contributed by atoms with van der Waals surface area (Å²) in [7, 11) is 0. The van der Waals surface area contributed by atoms with Crippen LogP contribution < -0.4 is 9.47 Å². The summed E-state index contributed by atoms with van der Waals surface area (Å²) in [6, 6.07) is 26.4. The number of ether oxygens (including phenoxy) is 6. The molecule has 0 unspecified atom stereocenters. The summed E-state index contributed by atoms with van der Waals surface area (Å²) < 4.78 is 30.7. The fraction of sp³-hybridized carbons (Fsp3) is 0.483. The van der Waals surface area contributed by atoms with E-state index < -0.39 is 11.9 Å². The minimum atomic E-state index is -0.429. The molecule has 0 saturated heterocycles. The van der Waals surface area contributed by atoms with Crippen LogP contribution in [-0.4, -0.2) is 92.9 Å². The summed E-state index contributed by atoms with van der Waals surface area (Å²) >= 11 is 0. The van der Waals surface area contributed by atoms with Gasteiger partial charge in [0.1, 0.15) is 36.2 Å². The van der Waals surface area contributed by atoms with Crippen LogP contribution in [0.5, 0.6) is 23.0 Å². The summed E-state index contributed by atoms with van der Waals surface area (Å²) in [4.78, 5) is 69.8. The molecule has 4 aromatic rings. The van der Waals surface area contributed by atoms with Crippen molar-refractivity contribution in [3.8, 4) is 23.0 Å². The fourth-order valence-corrected chi connectivity index (χ4v) is 6.68. The highest BCUT2D eigenvalue weighted by Gasteiger charge is 2.11. The zero-order chi connectivity index (χ0) is 55.4. The second-order valence-electron chi connectivity index (χ2n) is 17.6. The van der Waals surface area contributed by atoms with Crippen molar-refractivity contribution in [2.45, 2.75) is 155 Å². The van der Waals surface area contributed by atoms with Gasteiger partial charge in [-0.2, -0.15) is 0 Å². The molecule has 0 aliphatic heterocycles. The standard InChI is InChI=1S/C22H26O6.C18H18O6.C18H34O6/c23-13-17-5-9-19(10-6-17)15-27-21(25)3-1-2-4-22(26)28-16-20-11-7-18(14-24)8-12-20;19-13-5-3-7-15(11-13)23-17(21)9-1-2-10-18(22)24-16-8-4-6-14(20)12-16;19-13-7-1-3-9-15-23-17(21)11-5-6-12-18(22)24-16-10-4-2-8-14-20/h5-12,23-24H,1-4,13-16H2;3-8,11-12,19-20H,1-2,9-10H2;19-20H,1-16H2.